The van der Waals surface area contributed by atoms with Gasteiger partial charge in [0.15, 0.2) is 11.9 Å². The Morgan fingerprint density at radius 3 is 2.83 bits per heavy atom. The number of hydrogen-bond acceptors (Lipinski definition) is 4. The molecule has 0 spiro atoms. The highest BCUT2D eigenvalue weighted by molar-refractivity contribution is 5.99. The van der Waals surface area contributed by atoms with Gasteiger partial charge in [-0.1, -0.05) is 19.1 Å². The van der Waals surface area contributed by atoms with Crippen molar-refractivity contribution < 1.29 is 14.3 Å². The first-order chi connectivity index (χ1) is 11.6. The van der Waals surface area contributed by atoms with Crippen LogP contribution in [0.5, 0.6) is 11.5 Å². The Balaban J connectivity index is 1.86. The van der Waals surface area contributed by atoms with Crippen molar-refractivity contribution in [1.82, 2.24) is 4.98 Å². The Bertz CT molecular complexity index is 800. The molecule has 24 heavy (non-hydrogen) atoms. The van der Waals surface area contributed by atoms with Crippen molar-refractivity contribution >= 4 is 11.6 Å². The van der Waals surface area contributed by atoms with Gasteiger partial charge in [0.1, 0.15) is 5.75 Å². The van der Waals surface area contributed by atoms with Crippen molar-refractivity contribution in [2.24, 2.45) is 0 Å². The predicted molar refractivity (Wildman–Crippen MR) is 90.6 cm³/mol. The Labute approximate surface area is 140 Å². The molecule has 6 heteroatoms. The van der Waals surface area contributed by atoms with E-state index in [1.807, 2.05) is 31.2 Å². The minimum atomic E-state index is -0.557. The van der Waals surface area contributed by atoms with Gasteiger partial charge in [0.2, 0.25) is 5.43 Å². The van der Waals surface area contributed by atoms with Crippen LogP contribution in [-0.2, 0) is 11.3 Å². The average Bonchev–Trinajstić information content (AvgIpc) is 2.58. The SMILES string of the molecule is CCCOc1c[nH]c(CN2C(=O)C(C)Oc3ccccc32)cc1=O. The number of amides is 1. The maximum absolute atomic E-state index is 12.5. The highest BCUT2D eigenvalue weighted by atomic mass is 16.5. The molecule has 1 atom stereocenters. The Hall–Kier alpha value is -2.76. The maximum atomic E-state index is 12.5. The van der Waals surface area contributed by atoms with Crippen LogP contribution in [-0.4, -0.2) is 23.6 Å². The van der Waals surface area contributed by atoms with Gasteiger partial charge in [-0.15, -0.1) is 0 Å². The molecule has 1 aliphatic rings. The second-order valence-electron chi connectivity index (χ2n) is 5.69. The lowest BCUT2D eigenvalue weighted by molar-refractivity contribution is -0.125. The van der Waals surface area contributed by atoms with Crippen LogP contribution in [0.15, 0.2) is 41.3 Å². The largest absolute Gasteiger partial charge is 0.488 e. The fraction of sp³-hybridized carbons (Fsp3) is 0.333. The van der Waals surface area contributed by atoms with E-state index in [2.05, 4.69) is 4.98 Å². The monoisotopic (exact) mass is 328 g/mol. The summed E-state index contributed by atoms with van der Waals surface area (Å²) in [6.07, 6.45) is 1.82. The highest BCUT2D eigenvalue weighted by Gasteiger charge is 2.31. The van der Waals surface area contributed by atoms with E-state index in [0.29, 0.717) is 29.5 Å². The molecule has 0 saturated carbocycles. The summed E-state index contributed by atoms with van der Waals surface area (Å²) in [5.41, 5.74) is 1.15. The fourth-order valence-corrected chi connectivity index (χ4v) is 2.61. The van der Waals surface area contributed by atoms with Gasteiger partial charge in [-0.2, -0.15) is 0 Å². The molecule has 0 saturated heterocycles. The lowest BCUT2D eigenvalue weighted by Gasteiger charge is -2.32. The minimum absolute atomic E-state index is 0.138. The molecule has 126 valence electrons. The van der Waals surface area contributed by atoms with E-state index in [-0.39, 0.29) is 17.9 Å². The van der Waals surface area contributed by atoms with Gasteiger partial charge in [-0.05, 0) is 25.5 Å². The molecule has 1 N–H and O–H groups in total. The summed E-state index contributed by atoms with van der Waals surface area (Å²) in [6.45, 7) is 4.46. The van der Waals surface area contributed by atoms with Gasteiger partial charge in [0.05, 0.1) is 18.8 Å². The van der Waals surface area contributed by atoms with E-state index < -0.39 is 6.10 Å². The molecule has 2 heterocycles. The fourth-order valence-electron chi connectivity index (χ4n) is 2.61. The molecular weight excluding hydrogens is 308 g/mol. The molecule has 0 radical (unpaired) electrons. The van der Waals surface area contributed by atoms with E-state index in [4.69, 9.17) is 9.47 Å². The molecule has 1 aromatic carbocycles. The van der Waals surface area contributed by atoms with Crippen LogP contribution >= 0.6 is 0 Å². The number of ether oxygens (including phenoxy) is 2. The van der Waals surface area contributed by atoms with Crippen molar-refractivity contribution in [1.29, 1.82) is 0 Å². The van der Waals surface area contributed by atoms with Gasteiger partial charge in [0.25, 0.3) is 5.91 Å². The smallest absolute Gasteiger partial charge is 0.268 e. The lowest BCUT2D eigenvalue weighted by Crippen LogP contribution is -2.44. The molecular formula is C18H20N2O4. The summed E-state index contributed by atoms with van der Waals surface area (Å²) in [5, 5.41) is 0. The van der Waals surface area contributed by atoms with E-state index in [1.54, 1.807) is 18.0 Å². The van der Waals surface area contributed by atoms with Crippen molar-refractivity contribution in [2.75, 3.05) is 11.5 Å². The van der Waals surface area contributed by atoms with Crippen LogP contribution in [0, 0.1) is 0 Å². The molecule has 1 aromatic heterocycles. The van der Waals surface area contributed by atoms with E-state index >= 15 is 0 Å². The number of anilines is 1. The Kier molecular flexibility index (Phi) is 4.55. The molecule has 2 aromatic rings. The number of nitrogens with zero attached hydrogens (tertiary/aromatic N) is 1. The standard InChI is InChI=1S/C18H20N2O4/c1-3-8-23-17-10-19-13(9-15(17)21)11-20-14-6-4-5-7-16(14)24-12(2)18(20)22/h4-7,9-10,12H,3,8,11H2,1-2H3,(H,19,21). The topological polar surface area (TPSA) is 71.6 Å². The summed E-state index contributed by atoms with van der Waals surface area (Å²) in [7, 11) is 0. The predicted octanol–water partition coefficient (Wildman–Crippen LogP) is 2.48. The number of rotatable bonds is 5. The third kappa shape index (κ3) is 3.13. The van der Waals surface area contributed by atoms with E-state index in [1.165, 1.54) is 6.07 Å². The van der Waals surface area contributed by atoms with Gasteiger partial charge in [0, 0.05) is 18.0 Å². The van der Waals surface area contributed by atoms with Crippen LogP contribution in [0.25, 0.3) is 0 Å². The quantitative estimate of drug-likeness (QED) is 0.915. The molecule has 3 rings (SSSR count). The zero-order chi connectivity index (χ0) is 17.1. The second-order valence-corrected chi connectivity index (χ2v) is 5.69. The minimum Gasteiger partial charge on any atom is -0.488 e. The summed E-state index contributed by atoms with van der Waals surface area (Å²) in [4.78, 5) is 29.2. The first-order valence-corrected chi connectivity index (χ1v) is 8.01. The highest BCUT2D eigenvalue weighted by Crippen LogP contribution is 2.34. The van der Waals surface area contributed by atoms with Crippen molar-refractivity contribution in [3.63, 3.8) is 0 Å². The third-order valence-corrected chi connectivity index (χ3v) is 3.80. The lowest BCUT2D eigenvalue weighted by atomic mass is 10.1. The first kappa shape index (κ1) is 16.1. The number of carbonyl (C=O) groups is 1. The zero-order valence-electron chi connectivity index (χ0n) is 13.7. The summed E-state index contributed by atoms with van der Waals surface area (Å²) in [6, 6.07) is 8.84. The number of hydrogen-bond donors (Lipinski definition) is 1. The molecule has 0 bridgehead atoms. The zero-order valence-corrected chi connectivity index (χ0v) is 13.7. The number of fused-ring (bicyclic) bond motifs is 1. The molecule has 6 nitrogen and oxygen atoms in total. The number of pyridine rings is 1. The van der Waals surface area contributed by atoms with Crippen LogP contribution in [0.2, 0.25) is 0 Å². The number of H-pyrrole nitrogens is 1. The van der Waals surface area contributed by atoms with E-state index in [0.717, 1.165) is 6.42 Å². The number of aromatic nitrogens is 1. The number of carbonyl (C=O) groups excluding carboxylic acids is 1. The summed E-state index contributed by atoms with van der Waals surface area (Å²) < 4.78 is 11.0. The number of para-hydroxylation sites is 2. The van der Waals surface area contributed by atoms with E-state index in [9.17, 15) is 9.59 Å². The Morgan fingerprint density at radius 1 is 1.29 bits per heavy atom. The molecule has 1 unspecified atom stereocenters. The van der Waals surface area contributed by atoms with Crippen molar-refractivity contribution in [2.45, 2.75) is 32.9 Å². The van der Waals surface area contributed by atoms with Crippen LogP contribution < -0.4 is 19.8 Å². The van der Waals surface area contributed by atoms with Crippen LogP contribution in [0.1, 0.15) is 26.0 Å². The third-order valence-electron chi connectivity index (χ3n) is 3.80. The maximum Gasteiger partial charge on any atom is 0.268 e. The summed E-state index contributed by atoms with van der Waals surface area (Å²) in [5.74, 6) is 0.818. The number of benzene rings is 1. The first-order valence-electron chi connectivity index (χ1n) is 8.01. The van der Waals surface area contributed by atoms with Crippen molar-refractivity contribution in [3.8, 4) is 11.5 Å². The molecule has 1 amide bonds. The van der Waals surface area contributed by atoms with Crippen LogP contribution in [0.4, 0.5) is 5.69 Å². The molecule has 1 aliphatic heterocycles. The van der Waals surface area contributed by atoms with Gasteiger partial charge < -0.3 is 14.5 Å². The molecule has 0 fully saturated rings. The number of aromatic amines is 1. The Morgan fingerprint density at radius 2 is 2.08 bits per heavy atom. The van der Waals surface area contributed by atoms with Crippen LogP contribution in [0.3, 0.4) is 0 Å². The molecule has 0 aliphatic carbocycles. The van der Waals surface area contributed by atoms with Gasteiger partial charge in [-0.25, -0.2) is 0 Å². The van der Waals surface area contributed by atoms with Gasteiger partial charge in [-0.3, -0.25) is 14.5 Å². The van der Waals surface area contributed by atoms with Gasteiger partial charge >= 0.3 is 0 Å². The normalized spacial score (nSPS) is 16.5. The summed E-state index contributed by atoms with van der Waals surface area (Å²) >= 11 is 0. The van der Waals surface area contributed by atoms with Crippen molar-refractivity contribution in [3.05, 3.63) is 52.4 Å². The average molecular weight is 328 g/mol. The number of nitrogens with one attached hydrogen (secondary N) is 1. The second kappa shape index (κ2) is 6.78.